The highest BCUT2D eigenvalue weighted by molar-refractivity contribution is 5.90. The molecule has 1 saturated heterocycles. The van der Waals surface area contributed by atoms with E-state index in [0.29, 0.717) is 24.3 Å². The molecule has 0 aromatic heterocycles. The fourth-order valence-corrected chi connectivity index (χ4v) is 3.43. The summed E-state index contributed by atoms with van der Waals surface area (Å²) in [4.78, 5) is 13.5. The van der Waals surface area contributed by atoms with E-state index >= 15 is 0 Å². The Hall–Kier alpha value is -2.40. The zero-order valence-corrected chi connectivity index (χ0v) is 14.2. The van der Waals surface area contributed by atoms with Crippen molar-refractivity contribution < 1.29 is 19.0 Å². The van der Waals surface area contributed by atoms with Crippen molar-refractivity contribution in [1.82, 2.24) is 4.90 Å². The third-order valence-corrected chi connectivity index (χ3v) is 4.80. The first-order valence-corrected chi connectivity index (χ1v) is 8.49. The molecule has 25 heavy (non-hydrogen) atoms. The fraction of sp³-hybridized carbons (Fsp3) is 0.350. The molecule has 2 atom stereocenters. The van der Waals surface area contributed by atoms with Gasteiger partial charge in [0.2, 0.25) is 0 Å². The minimum atomic E-state index is -0.985. The maximum atomic E-state index is 13.1. The molecule has 0 spiro atoms. The van der Waals surface area contributed by atoms with Gasteiger partial charge in [0.05, 0.1) is 0 Å². The molecule has 0 radical (unpaired) electrons. The molecule has 1 fully saturated rings. The third-order valence-electron chi connectivity index (χ3n) is 4.80. The molecular formula is C20H22FNO3. The van der Waals surface area contributed by atoms with Crippen LogP contribution < -0.4 is 4.74 Å². The third kappa shape index (κ3) is 4.17. The lowest BCUT2D eigenvalue weighted by Gasteiger charge is -2.21. The Labute approximate surface area is 146 Å². The molecule has 1 heterocycles. The molecule has 0 saturated carbocycles. The van der Waals surface area contributed by atoms with Crippen LogP contribution in [0.1, 0.15) is 35.2 Å². The van der Waals surface area contributed by atoms with Crippen LogP contribution in [-0.2, 0) is 0 Å². The second-order valence-corrected chi connectivity index (χ2v) is 6.48. The van der Waals surface area contributed by atoms with Crippen molar-refractivity contribution in [3.8, 4) is 5.75 Å². The molecule has 3 rings (SSSR count). The van der Waals surface area contributed by atoms with E-state index in [4.69, 9.17) is 4.74 Å². The average molecular weight is 343 g/mol. The summed E-state index contributed by atoms with van der Waals surface area (Å²) in [6, 6.07) is 13.8. The van der Waals surface area contributed by atoms with Gasteiger partial charge in [0.15, 0.2) is 0 Å². The highest BCUT2D eigenvalue weighted by Gasteiger charge is 2.29. The van der Waals surface area contributed by atoms with Crippen LogP contribution in [-0.4, -0.2) is 41.7 Å². The number of hydrogen-bond acceptors (Lipinski definition) is 3. The molecule has 1 aliphatic heterocycles. The number of carboxylic acid groups (broad SMARTS) is 1. The summed E-state index contributed by atoms with van der Waals surface area (Å²) in [5.74, 6) is -0.405. The second kappa shape index (κ2) is 7.66. The number of ether oxygens (including phenoxy) is 1. The fourth-order valence-electron chi connectivity index (χ4n) is 3.43. The predicted octanol–water partition coefficient (Wildman–Crippen LogP) is 3.78. The number of halogens is 1. The molecule has 0 amide bonds. The van der Waals surface area contributed by atoms with Gasteiger partial charge in [0.1, 0.15) is 23.7 Å². The highest BCUT2D eigenvalue weighted by atomic mass is 19.1. The van der Waals surface area contributed by atoms with Crippen LogP contribution in [0, 0.1) is 5.82 Å². The molecule has 1 N–H and O–H groups in total. The zero-order chi connectivity index (χ0) is 17.8. The molecule has 4 nitrogen and oxygen atoms in total. The lowest BCUT2D eigenvalue weighted by atomic mass is 9.97. The SMILES string of the molecule is C[C@@H]1C[C@H](c2ccc(F)cc2)CN1CCOc1ccccc1C(=O)O. The lowest BCUT2D eigenvalue weighted by Crippen LogP contribution is -2.31. The van der Waals surface area contributed by atoms with E-state index in [1.165, 1.54) is 12.1 Å². The number of carboxylic acids is 1. The molecule has 0 aliphatic carbocycles. The number of likely N-dealkylation sites (tertiary alicyclic amines) is 1. The van der Waals surface area contributed by atoms with Gasteiger partial charge >= 0.3 is 5.97 Å². The monoisotopic (exact) mass is 343 g/mol. The van der Waals surface area contributed by atoms with E-state index in [-0.39, 0.29) is 11.4 Å². The summed E-state index contributed by atoms with van der Waals surface area (Å²) in [6.45, 7) is 4.24. The smallest absolute Gasteiger partial charge is 0.339 e. The van der Waals surface area contributed by atoms with Crippen molar-refractivity contribution in [2.75, 3.05) is 19.7 Å². The Balaban J connectivity index is 1.55. The number of para-hydroxylation sites is 1. The van der Waals surface area contributed by atoms with Gasteiger partial charge in [-0.1, -0.05) is 24.3 Å². The molecule has 2 aromatic rings. The second-order valence-electron chi connectivity index (χ2n) is 6.48. The van der Waals surface area contributed by atoms with Gasteiger partial charge in [-0.05, 0) is 49.1 Å². The molecule has 132 valence electrons. The largest absolute Gasteiger partial charge is 0.491 e. The van der Waals surface area contributed by atoms with Gasteiger partial charge < -0.3 is 9.84 Å². The number of aromatic carboxylic acids is 1. The minimum Gasteiger partial charge on any atom is -0.491 e. The Bertz CT molecular complexity index is 732. The van der Waals surface area contributed by atoms with Crippen LogP contribution in [0.3, 0.4) is 0 Å². The van der Waals surface area contributed by atoms with E-state index in [1.807, 2.05) is 12.1 Å². The summed E-state index contributed by atoms with van der Waals surface area (Å²) >= 11 is 0. The van der Waals surface area contributed by atoms with E-state index in [2.05, 4.69) is 11.8 Å². The zero-order valence-electron chi connectivity index (χ0n) is 14.2. The van der Waals surface area contributed by atoms with Crippen molar-refractivity contribution in [2.45, 2.75) is 25.3 Å². The first kappa shape index (κ1) is 17.4. The highest BCUT2D eigenvalue weighted by Crippen LogP contribution is 2.31. The normalized spacial score (nSPS) is 20.6. The molecular weight excluding hydrogens is 321 g/mol. The van der Waals surface area contributed by atoms with Crippen molar-refractivity contribution in [2.24, 2.45) is 0 Å². The molecule has 5 heteroatoms. The Morgan fingerprint density at radius 1 is 1.24 bits per heavy atom. The van der Waals surface area contributed by atoms with E-state index in [1.54, 1.807) is 24.3 Å². The van der Waals surface area contributed by atoms with Gasteiger partial charge in [-0.2, -0.15) is 0 Å². The Morgan fingerprint density at radius 2 is 1.96 bits per heavy atom. The maximum absolute atomic E-state index is 13.1. The number of nitrogens with zero attached hydrogens (tertiary/aromatic N) is 1. The van der Waals surface area contributed by atoms with Gasteiger partial charge in [0, 0.05) is 19.1 Å². The summed E-state index contributed by atoms with van der Waals surface area (Å²) in [5.41, 5.74) is 1.34. The lowest BCUT2D eigenvalue weighted by molar-refractivity contribution is 0.0691. The standard InChI is InChI=1S/C20H22FNO3/c1-14-12-16(15-6-8-17(21)9-7-15)13-22(14)10-11-25-19-5-3-2-4-18(19)20(23)24/h2-9,14,16H,10-13H2,1H3,(H,23,24)/t14-,16+/m1/s1. The van der Waals surface area contributed by atoms with Crippen molar-refractivity contribution >= 4 is 5.97 Å². The first-order chi connectivity index (χ1) is 12.0. The number of benzene rings is 2. The summed E-state index contributed by atoms with van der Waals surface area (Å²) in [7, 11) is 0. The number of hydrogen-bond donors (Lipinski definition) is 1. The van der Waals surface area contributed by atoms with Crippen molar-refractivity contribution in [1.29, 1.82) is 0 Å². The summed E-state index contributed by atoms with van der Waals surface area (Å²) in [6.07, 6.45) is 1.03. The van der Waals surface area contributed by atoms with E-state index in [9.17, 15) is 14.3 Å². The molecule has 0 unspecified atom stereocenters. The van der Waals surface area contributed by atoms with Crippen LogP contribution in [0.2, 0.25) is 0 Å². The van der Waals surface area contributed by atoms with Gasteiger partial charge in [-0.15, -0.1) is 0 Å². The van der Waals surface area contributed by atoms with Crippen LogP contribution >= 0.6 is 0 Å². The Morgan fingerprint density at radius 3 is 2.68 bits per heavy atom. The van der Waals surface area contributed by atoms with E-state index in [0.717, 1.165) is 25.1 Å². The summed E-state index contributed by atoms with van der Waals surface area (Å²) in [5, 5.41) is 9.18. The van der Waals surface area contributed by atoms with Gasteiger partial charge in [-0.25, -0.2) is 9.18 Å². The average Bonchev–Trinajstić information content (AvgIpc) is 2.97. The van der Waals surface area contributed by atoms with Gasteiger partial charge in [0.25, 0.3) is 0 Å². The van der Waals surface area contributed by atoms with Crippen molar-refractivity contribution in [3.63, 3.8) is 0 Å². The quantitative estimate of drug-likeness (QED) is 0.867. The minimum absolute atomic E-state index is 0.182. The molecule has 1 aliphatic rings. The molecule has 2 aromatic carbocycles. The van der Waals surface area contributed by atoms with Crippen LogP contribution in [0.4, 0.5) is 4.39 Å². The van der Waals surface area contributed by atoms with Crippen LogP contribution in [0.5, 0.6) is 5.75 Å². The van der Waals surface area contributed by atoms with Crippen LogP contribution in [0.15, 0.2) is 48.5 Å². The first-order valence-electron chi connectivity index (χ1n) is 8.49. The molecule has 0 bridgehead atoms. The summed E-state index contributed by atoms with van der Waals surface area (Å²) < 4.78 is 18.8. The van der Waals surface area contributed by atoms with Crippen molar-refractivity contribution in [3.05, 3.63) is 65.5 Å². The topological polar surface area (TPSA) is 49.8 Å². The van der Waals surface area contributed by atoms with Crippen LogP contribution in [0.25, 0.3) is 0 Å². The number of rotatable bonds is 6. The van der Waals surface area contributed by atoms with E-state index < -0.39 is 5.97 Å². The van der Waals surface area contributed by atoms with Gasteiger partial charge in [-0.3, -0.25) is 4.90 Å². The maximum Gasteiger partial charge on any atom is 0.339 e. The number of carbonyl (C=O) groups is 1. The predicted molar refractivity (Wildman–Crippen MR) is 93.7 cm³/mol. The Kier molecular flexibility index (Phi) is 5.34.